The number of carbonyl (C=O) groups is 1. The molecule has 0 heterocycles. The van der Waals surface area contributed by atoms with Crippen molar-refractivity contribution in [3.05, 3.63) is 30.1 Å². The second-order valence-electron chi connectivity index (χ2n) is 6.14. The van der Waals surface area contributed by atoms with Crippen molar-refractivity contribution in [1.29, 1.82) is 0 Å². The molecule has 0 unspecified atom stereocenters. The Bertz CT molecular complexity index is 463. The van der Waals surface area contributed by atoms with Gasteiger partial charge in [-0.1, -0.05) is 0 Å². The van der Waals surface area contributed by atoms with Gasteiger partial charge in [-0.05, 0) is 58.4 Å². The molecule has 0 atom stereocenters. The average Bonchev–Trinajstić information content (AvgIpc) is 2.35. The number of aliphatic hydroxyl groups is 1. The van der Waals surface area contributed by atoms with E-state index in [-0.39, 0.29) is 11.7 Å². The minimum atomic E-state index is -1.01. The van der Waals surface area contributed by atoms with E-state index in [1.807, 2.05) is 0 Å². The van der Waals surface area contributed by atoms with Gasteiger partial charge in [0.1, 0.15) is 11.6 Å². The van der Waals surface area contributed by atoms with E-state index < -0.39 is 11.1 Å². The summed E-state index contributed by atoms with van der Waals surface area (Å²) >= 11 is 0. The summed E-state index contributed by atoms with van der Waals surface area (Å²) in [6.07, 6.45) is 0.853. The third-order valence-corrected chi connectivity index (χ3v) is 3.61. The second-order valence-corrected chi connectivity index (χ2v) is 6.14. The SMILES string of the molecule is CC(C)(O)C(C)(C)NC(=O)CCCOc1ccc(F)cc1. The first-order valence-electron chi connectivity index (χ1n) is 7.03. The largest absolute Gasteiger partial charge is 0.494 e. The van der Waals surface area contributed by atoms with Gasteiger partial charge in [-0.25, -0.2) is 4.39 Å². The number of hydrogen-bond donors (Lipinski definition) is 2. The molecule has 1 aromatic carbocycles. The maximum atomic E-state index is 12.7. The van der Waals surface area contributed by atoms with E-state index in [0.29, 0.717) is 25.2 Å². The molecular weight excluding hydrogens is 273 g/mol. The molecule has 1 aromatic rings. The zero-order valence-electron chi connectivity index (χ0n) is 13.1. The van der Waals surface area contributed by atoms with Crippen LogP contribution in [0.15, 0.2) is 24.3 Å². The quantitative estimate of drug-likeness (QED) is 0.761. The molecule has 4 nitrogen and oxygen atoms in total. The van der Waals surface area contributed by atoms with Crippen molar-refractivity contribution in [3.8, 4) is 5.75 Å². The average molecular weight is 297 g/mol. The van der Waals surface area contributed by atoms with Crippen molar-refractivity contribution >= 4 is 5.91 Å². The maximum Gasteiger partial charge on any atom is 0.220 e. The van der Waals surface area contributed by atoms with Crippen molar-refractivity contribution in [2.75, 3.05) is 6.61 Å². The van der Waals surface area contributed by atoms with E-state index in [2.05, 4.69) is 5.32 Å². The lowest BCUT2D eigenvalue weighted by Gasteiger charge is -2.38. The summed E-state index contributed by atoms with van der Waals surface area (Å²) < 4.78 is 18.1. The molecule has 0 saturated heterocycles. The molecule has 0 radical (unpaired) electrons. The zero-order chi connectivity index (χ0) is 16.1. The Labute approximate surface area is 125 Å². The van der Waals surface area contributed by atoms with Gasteiger partial charge in [-0.3, -0.25) is 4.79 Å². The van der Waals surface area contributed by atoms with Crippen LogP contribution in [-0.4, -0.2) is 28.8 Å². The van der Waals surface area contributed by atoms with Gasteiger partial charge in [-0.15, -0.1) is 0 Å². The topological polar surface area (TPSA) is 58.6 Å². The second kappa shape index (κ2) is 6.89. The predicted octanol–water partition coefficient (Wildman–Crippen LogP) is 2.65. The van der Waals surface area contributed by atoms with E-state index in [1.165, 1.54) is 12.1 Å². The number of nitrogens with one attached hydrogen (secondary N) is 1. The minimum absolute atomic E-state index is 0.134. The first-order valence-corrected chi connectivity index (χ1v) is 7.03. The monoisotopic (exact) mass is 297 g/mol. The Balaban J connectivity index is 2.29. The van der Waals surface area contributed by atoms with Crippen LogP contribution < -0.4 is 10.1 Å². The molecular formula is C16H24FNO3. The van der Waals surface area contributed by atoms with Crippen LogP contribution >= 0.6 is 0 Å². The molecule has 118 valence electrons. The normalized spacial score (nSPS) is 12.1. The molecule has 0 fully saturated rings. The molecule has 0 spiro atoms. The summed E-state index contributed by atoms with van der Waals surface area (Å²) in [5.41, 5.74) is -1.71. The number of benzene rings is 1. The standard InChI is InChI=1S/C16H24FNO3/c1-15(2,16(3,4)20)18-14(19)6-5-11-21-13-9-7-12(17)8-10-13/h7-10,20H,5-6,11H2,1-4H3,(H,18,19). The van der Waals surface area contributed by atoms with Crippen LogP contribution in [0, 0.1) is 5.82 Å². The Hall–Kier alpha value is -1.62. The van der Waals surface area contributed by atoms with E-state index in [0.717, 1.165) is 0 Å². The maximum absolute atomic E-state index is 12.7. The molecule has 0 aliphatic heterocycles. The Morgan fingerprint density at radius 3 is 2.33 bits per heavy atom. The van der Waals surface area contributed by atoms with E-state index in [9.17, 15) is 14.3 Å². The molecule has 1 amide bonds. The zero-order valence-corrected chi connectivity index (χ0v) is 13.1. The summed E-state index contributed by atoms with van der Waals surface area (Å²) in [4.78, 5) is 11.8. The fraction of sp³-hybridized carbons (Fsp3) is 0.562. The third kappa shape index (κ3) is 5.71. The van der Waals surface area contributed by atoms with Gasteiger partial charge in [0.2, 0.25) is 5.91 Å². The van der Waals surface area contributed by atoms with Gasteiger partial charge < -0.3 is 15.2 Å². The lowest BCUT2D eigenvalue weighted by atomic mass is 9.86. The Morgan fingerprint density at radius 2 is 1.81 bits per heavy atom. The van der Waals surface area contributed by atoms with E-state index >= 15 is 0 Å². The van der Waals surface area contributed by atoms with E-state index in [4.69, 9.17) is 4.74 Å². The fourth-order valence-electron chi connectivity index (χ4n) is 1.52. The highest BCUT2D eigenvalue weighted by atomic mass is 19.1. The van der Waals surface area contributed by atoms with Crippen molar-refractivity contribution in [2.24, 2.45) is 0 Å². The van der Waals surface area contributed by atoms with Gasteiger partial charge in [-0.2, -0.15) is 0 Å². The van der Waals surface area contributed by atoms with Crippen LogP contribution in [-0.2, 0) is 4.79 Å². The highest BCUT2D eigenvalue weighted by Crippen LogP contribution is 2.20. The van der Waals surface area contributed by atoms with E-state index in [1.54, 1.807) is 39.8 Å². The van der Waals surface area contributed by atoms with Gasteiger partial charge in [0.05, 0.1) is 17.7 Å². The number of amides is 1. The molecule has 21 heavy (non-hydrogen) atoms. The van der Waals surface area contributed by atoms with Crippen molar-refractivity contribution in [2.45, 2.75) is 51.7 Å². The van der Waals surface area contributed by atoms with Gasteiger partial charge in [0.25, 0.3) is 0 Å². The van der Waals surface area contributed by atoms with Crippen LogP contribution in [0.3, 0.4) is 0 Å². The fourth-order valence-corrected chi connectivity index (χ4v) is 1.52. The molecule has 0 aliphatic carbocycles. The molecule has 5 heteroatoms. The summed E-state index contributed by atoms with van der Waals surface area (Å²) in [6.45, 7) is 7.25. The smallest absolute Gasteiger partial charge is 0.220 e. The highest BCUT2D eigenvalue weighted by molar-refractivity contribution is 5.76. The lowest BCUT2D eigenvalue weighted by Crippen LogP contribution is -2.57. The molecule has 0 aromatic heterocycles. The number of halogens is 1. The molecule has 2 N–H and O–H groups in total. The number of carbonyl (C=O) groups excluding carboxylic acids is 1. The first kappa shape index (κ1) is 17.4. The van der Waals surface area contributed by atoms with Crippen LogP contribution in [0.5, 0.6) is 5.75 Å². The van der Waals surface area contributed by atoms with Gasteiger partial charge in [0.15, 0.2) is 0 Å². The lowest BCUT2D eigenvalue weighted by molar-refractivity contribution is -0.126. The summed E-state index contributed by atoms with van der Waals surface area (Å²) in [5.74, 6) is 0.133. The van der Waals surface area contributed by atoms with Crippen LogP contribution in [0.4, 0.5) is 4.39 Å². The molecule has 0 saturated carbocycles. The number of hydrogen-bond acceptors (Lipinski definition) is 3. The number of rotatable bonds is 7. The summed E-state index contributed by atoms with van der Waals surface area (Å²) in [5, 5.41) is 12.8. The van der Waals surface area contributed by atoms with Gasteiger partial charge >= 0.3 is 0 Å². The molecule has 1 rings (SSSR count). The molecule has 0 bridgehead atoms. The van der Waals surface area contributed by atoms with Crippen molar-refractivity contribution in [3.63, 3.8) is 0 Å². The Kier molecular flexibility index (Phi) is 5.72. The van der Waals surface area contributed by atoms with Crippen molar-refractivity contribution in [1.82, 2.24) is 5.32 Å². The minimum Gasteiger partial charge on any atom is -0.494 e. The van der Waals surface area contributed by atoms with Crippen molar-refractivity contribution < 1.29 is 19.0 Å². The Morgan fingerprint density at radius 1 is 1.24 bits per heavy atom. The van der Waals surface area contributed by atoms with Crippen LogP contribution in [0.1, 0.15) is 40.5 Å². The summed E-state index contributed by atoms with van der Waals surface area (Å²) in [6, 6.07) is 5.75. The third-order valence-electron chi connectivity index (χ3n) is 3.61. The van der Waals surface area contributed by atoms with Crippen LogP contribution in [0.25, 0.3) is 0 Å². The van der Waals surface area contributed by atoms with Crippen LogP contribution in [0.2, 0.25) is 0 Å². The number of ether oxygens (including phenoxy) is 1. The molecule has 0 aliphatic rings. The summed E-state index contributed by atoms with van der Waals surface area (Å²) in [7, 11) is 0. The highest BCUT2D eigenvalue weighted by Gasteiger charge is 2.35. The van der Waals surface area contributed by atoms with Gasteiger partial charge in [0, 0.05) is 6.42 Å². The predicted molar refractivity (Wildman–Crippen MR) is 79.6 cm³/mol. The first-order chi connectivity index (χ1) is 9.62.